The fourth-order valence-electron chi connectivity index (χ4n) is 3.87. The van der Waals surface area contributed by atoms with Gasteiger partial charge in [0.2, 0.25) is 5.91 Å². The Balaban J connectivity index is 1.76. The lowest BCUT2D eigenvalue weighted by Gasteiger charge is -2.35. The van der Waals surface area contributed by atoms with Gasteiger partial charge in [0.1, 0.15) is 12.4 Å². The highest BCUT2D eigenvalue weighted by molar-refractivity contribution is 7.92. The van der Waals surface area contributed by atoms with E-state index in [2.05, 4.69) is 11.8 Å². The molecule has 1 saturated carbocycles. The highest BCUT2D eigenvalue weighted by atomic mass is 32.2. The third-order valence-electron chi connectivity index (χ3n) is 5.70. The van der Waals surface area contributed by atoms with Crippen molar-refractivity contribution in [2.75, 3.05) is 26.3 Å². The fourth-order valence-corrected chi connectivity index (χ4v) is 5.78. The maximum atomic E-state index is 13.4. The molecule has 1 heterocycles. The van der Waals surface area contributed by atoms with Crippen LogP contribution in [0, 0.1) is 23.7 Å². The largest absolute Gasteiger partial charge is 0.481 e. The van der Waals surface area contributed by atoms with Gasteiger partial charge in [0, 0.05) is 19.0 Å². The summed E-state index contributed by atoms with van der Waals surface area (Å²) in [5.41, 5.74) is 0. The Kier molecular flexibility index (Phi) is 7.60. The van der Waals surface area contributed by atoms with Crippen LogP contribution in [0.25, 0.3) is 0 Å². The molecule has 1 amide bonds. The topological polar surface area (TPSA) is 90.0 Å². The predicted molar refractivity (Wildman–Crippen MR) is 115 cm³/mol. The smallest absolute Gasteiger partial charge is 0.324 e. The molecule has 2 aliphatic rings. The normalized spacial score (nSPS) is 17.9. The van der Waals surface area contributed by atoms with Gasteiger partial charge in [0.25, 0.3) is 0 Å². The molecule has 0 spiro atoms. The van der Waals surface area contributed by atoms with Crippen molar-refractivity contribution in [3.8, 4) is 17.6 Å². The summed E-state index contributed by atoms with van der Waals surface area (Å²) in [6.45, 7) is 4.62. The van der Waals surface area contributed by atoms with E-state index in [4.69, 9.17) is 9.47 Å². The number of carbonyl (C=O) groups is 2. The first kappa shape index (κ1) is 23.1. The lowest BCUT2D eigenvalue weighted by atomic mass is 9.93. The average molecular weight is 448 g/mol. The molecular formula is C23H29NO6S. The second-order valence-electron chi connectivity index (χ2n) is 7.84. The molecule has 0 aromatic heterocycles. The molecule has 0 radical (unpaired) electrons. The molecule has 1 unspecified atom stereocenters. The minimum absolute atomic E-state index is 0.0518. The summed E-state index contributed by atoms with van der Waals surface area (Å²) in [5, 5.41) is -1.29. The SMILES string of the molecule is CC#CCOc1ccc(S(=O)(=O)C(C(=O)OCC)C2CCN(C(=O)C3CC3)CC2)cc1. The summed E-state index contributed by atoms with van der Waals surface area (Å²) in [6, 6.07) is 6.01. The van der Waals surface area contributed by atoms with Crippen LogP contribution in [0.3, 0.4) is 0 Å². The van der Waals surface area contributed by atoms with Gasteiger partial charge in [-0.1, -0.05) is 5.92 Å². The van der Waals surface area contributed by atoms with Crippen molar-refractivity contribution in [3.63, 3.8) is 0 Å². The zero-order valence-electron chi connectivity index (χ0n) is 18.0. The Bertz CT molecular complexity index is 948. The Morgan fingerprint density at radius 1 is 1.13 bits per heavy atom. The number of ether oxygens (including phenoxy) is 2. The zero-order valence-corrected chi connectivity index (χ0v) is 18.8. The number of hydrogen-bond acceptors (Lipinski definition) is 6. The number of piperidine rings is 1. The molecule has 1 atom stereocenters. The number of hydrogen-bond donors (Lipinski definition) is 0. The Labute approximate surface area is 184 Å². The van der Waals surface area contributed by atoms with Gasteiger partial charge in [-0.2, -0.15) is 0 Å². The molecule has 168 valence electrons. The van der Waals surface area contributed by atoms with Crippen molar-refractivity contribution in [1.29, 1.82) is 0 Å². The minimum Gasteiger partial charge on any atom is -0.481 e. The van der Waals surface area contributed by atoms with E-state index in [0.29, 0.717) is 31.7 Å². The van der Waals surface area contributed by atoms with Gasteiger partial charge in [-0.05, 0) is 69.7 Å². The number of amides is 1. The van der Waals surface area contributed by atoms with Crippen molar-refractivity contribution in [1.82, 2.24) is 4.90 Å². The van der Waals surface area contributed by atoms with Crippen molar-refractivity contribution >= 4 is 21.7 Å². The number of likely N-dealkylation sites (tertiary alicyclic amines) is 1. The maximum Gasteiger partial charge on any atom is 0.324 e. The van der Waals surface area contributed by atoms with E-state index in [1.807, 2.05) is 0 Å². The van der Waals surface area contributed by atoms with E-state index in [0.717, 1.165) is 12.8 Å². The molecule has 2 fully saturated rings. The molecule has 7 nitrogen and oxygen atoms in total. The Hall–Kier alpha value is -2.53. The third-order valence-corrected chi connectivity index (χ3v) is 7.87. The van der Waals surface area contributed by atoms with Crippen molar-refractivity contribution < 1.29 is 27.5 Å². The van der Waals surface area contributed by atoms with Gasteiger partial charge < -0.3 is 14.4 Å². The van der Waals surface area contributed by atoms with E-state index in [1.54, 1.807) is 30.9 Å². The first-order chi connectivity index (χ1) is 14.9. The zero-order chi connectivity index (χ0) is 22.4. The summed E-state index contributed by atoms with van der Waals surface area (Å²) >= 11 is 0. The first-order valence-electron chi connectivity index (χ1n) is 10.7. The van der Waals surface area contributed by atoms with Crippen LogP contribution in [0.5, 0.6) is 5.75 Å². The van der Waals surface area contributed by atoms with Crippen molar-refractivity contribution in [2.24, 2.45) is 11.8 Å². The van der Waals surface area contributed by atoms with E-state index in [9.17, 15) is 18.0 Å². The highest BCUT2D eigenvalue weighted by Gasteiger charge is 2.44. The van der Waals surface area contributed by atoms with Crippen LogP contribution in [0.15, 0.2) is 29.2 Å². The van der Waals surface area contributed by atoms with Crippen molar-refractivity contribution in [2.45, 2.75) is 49.7 Å². The molecule has 1 aromatic rings. The van der Waals surface area contributed by atoms with Gasteiger partial charge in [-0.25, -0.2) is 8.42 Å². The molecule has 3 rings (SSSR count). The van der Waals surface area contributed by atoms with Crippen LogP contribution < -0.4 is 4.74 Å². The number of esters is 1. The lowest BCUT2D eigenvalue weighted by Crippen LogP contribution is -2.46. The number of rotatable bonds is 8. The highest BCUT2D eigenvalue weighted by Crippen LogP contribution is 2.35. The molecule has 31 heavy (non-hydrogen) atoms. The maximum absolute atomic E-state index is 13.4. The molecule has 1 aromatic carbocycles. The van der Waals surface area contributed by atoms with Crippen LogP contribution in [0.4, 0.5) is 0 Å². The number of sulfone groups is 1. The fraction of sp³-hybridized carbons (Fsp3) is 0.565. The van der Waals surface area contributed by atoms with Crippen molar-refractivity contribution in [3.05, 3.63) is 24.3 Å². The van der Waals surface area contributed by atoms with Crippen LogP contribution >= 0.6 is 0 Å². The average Bonchev–Trinajstić information content (AvgIpc) is 3.60. The molecule has 1 aliphatic heterocycles. The van der Waals surface area contributed by atoms with Crippen LogP contribution in [0.2, 0.25) is 0 Å². The standard InChI is InChI=1S/C23H29NO6S/c1-3-5-16-30-19-8-10-20(11-9-19)31(27,28)21(23(26)29-4-2)17-12-14-24(15-13-17)22(25)18-6-7-18/h8-11,17-18,21H,4,6-7,12-16H2,1-2H3. The second-order valence-corrected chi connectivity index (χ2v) is 9.91. The van der Waals surface area contributed by atoms with Gasteiger partial charge in [0.05, 0.1) is 11.5 Å². The summed E-state index contributed by atoms with van der Waals surface area (Å²) in [4.78, 5) is 26.9. The van der Waals surface area contributed by atoms with E-state index in [-0.39, 0.29) is 29.9 Å². The van der Waals surface area contributed by atoms with E-state index >= 15 is 0 Å². The number of benzene rings is 1. The predicted octanol–water partition coefficient (Wildman–Crippen LogP) is 2.44. The quantitative estimate of drug-likeness (QED) is 0.449. The molecule has 1 saturated heterocycles. The molecule has 0 N–H and O–H groups in total. The second kappa shape index (κ2) is 10.2. The van der Waals surface area contributed by atoms with Gasteiger partial charge in [-0.15, -0.1) is 5.92 Å². The van der Waals surface area contributed by atoms with Crippen LogP contribution in [-0.2, 0) is 24.2 Å². The van der Waals surface area contributed by atoms with Gasteiger partial charge >= 0.3 is 5.97 Å². The van der Waals surface area contributed by atoms with Gasteiger partial charge in [0.15, 0.2) is 15.1 Å². The molecule has 1 aliphatic carbocycles. The Morgan fingerprint density at radius 3 is 2.32 bits per heavy atom. The molecule has 8 heteroatoms. The third kappa shape index (κ3) is 5.59. The van der Waals surface area contributed by atoms with E-state index < -0.39 is 27.0 Å². The summed E-state index contributed by atoms with van der Waals surface area (Å²) in [5.74, 6) is 5.15. The number of nitrogens with zero attached hydrogens (tertiary/aromatic N) is 1. The Morgan fingerprint density at radius 2 is 1.77 bits per heavy atom. The van der Waals surface area contributed by atoms with Crippen LogP contribution in [0.1, 0.15) is 39.5 Å². The summed E-state index contributed by atoms with van der Waals surface area (Å²) in [6.07, 6.45) is 2.78. The first-order valence-corrected chi connectivity index (χ1v) is 12.2. The summed E-state index contributed by atoms with van der Waals surface area (Å²) in [7, 11) is -3.97. The number of carbonyl (C=O) groups excluding carboxylic acids is 2. The van der Waals surface area contributed by atoms with Crippen LogP contribution in [-0.4, -0.2) is 56.7 Å². The minimum atomic E-state index is -3.97. The summed E-state index contributed by atoms with van der Waals surface area (Å²) < 4.78 is 37.4. The monoisotopic (exact) mass is 447 g/mol. The lowest BCUT2D eigenvalue weighted by molar-refractivity contribution is -0.144. The van der Waals surface area contributed by atoms with Gasteiger partial charge in [-0.3, -0.25) is 9.59 Å². The molecule has 0 bridgehead atoms. The molecular weight excluding hydrogens is 418 g/mol. The van der Waals surface area contributed by atoms with E-state index in [1.165, 1.54) is 12.1 Å².